The smallest absolute Gasteiger partial charge is 0.337 e. The van der Waals surface area contributed by atoms with Crippen LogP contribution in [0.4, 0.5) is 0 Å². The Labute approximate surface area is 117 Å². The molecule has 0 saturated heterocycles. The Hall–Kier alpha value is -1.98. The molecule has 1 aromatic heterocycles. The van der Waals surface area contributed by atoms with Gasteiger partial charge in [0.05, 0.1) is 11.6 Å². The summed E-state index contributed by atoms with van der Waals surface area (Å²) in [6.07, 6.45) is 1.07. The van der Waals surface area contributed by atoms with E-state index in [4.69, 9.17) is 10.4 Å². The second-order valence-electron chi connectivity index (χ2n) is 4.31. The molecule has 0 unspecified atom stereocenters. The lowest BCUT2D eigenvalue weighted by Crippen LogP contribution is -2.38. The van der Waals surface area contributed by atoms with Gasteiger partial charge in [-0.05, 0) is 26.0 Å². The summed E-state index contributed by atoms with van der Waals surface area (Å²) in [5, 5.41) is 17.1. The number of carboxylic acid groups (broad SMARTS) is 1. The van der Waals surface area contributed by atoms with Crippen molar-refractivity contribution in [3.8, 4) is 6.07 Å². The molecule has 8 heteroatoms. The molecule has 0 radical (unpaired) electrons. The van der Waals surface area contributed by atoms with Gasteiger partial charge in [-0.1, -0.05) is 0 Å². The van der Waals surface area contributed by atoms with Crippen LogP contribution in [0.1, 0.15) is 30.6 Å². The average Bonchev–Trinajstić information content (AvgIpc) is 2.38. The highest BCUT2D eigenvalue weighted by atomic mass is 32.2. The van der Waals surface area contributed by atoms with Gasteiger partial charge < -0.3 is 5.11 Å². The molecule has 0 amide bonds. The number of sulfonamides is 1. The van der Waals surface area contributed by atoms with Crippen molar-refractivity contribution in [1.82, 2.24) is 9.29 Å². The summed E-state index contributed by atoms with van der Waals surface area (Å²) in [6, 6.07) is 3.91. The van der Waals surface area contributed by atoms with Crippen molar-refractivity contribution < 1.29 is 18.3 Å². The SMILES string of the molecule is CC(C)N(CCC#N)S(=O)(=O)c1ccc(C(=O)O)cn1. The van der Waals surface area contributed by atoms with E-state index in [0.29, 0.717) is 0 Å². The second kappa shape index (κ2) is 6.45. The molecular formula is C12H15N3O4S. The van der Waals surface area contributed by atoms with Crippen molar-refractivity contribution in [1.29, 1.82) is 5.26 Å². The molecule has 0 atom stereocenters. The van der Waals surface area contributed by atoms with E-state index in [9.17, 15) is 13.2 Å². The third-order valence-electron chi connectivity index (χ3n) is 2.58. The van der Waals surface area contributed by atoms with Gasteiger partial charge in [-0.15, -0.1) is 0 Å². The van der Waals surface area contributed by atoms with Gasteiger partial charge in [0.2, 0.25) is 0 Å². The number of pyridine rings is 1. The highest BCUT2D eigenvalue weighted by Gasteiger charge is 2.27. The minimum atomic E-state index is -3.84. The maximum absolute atomic E-state index is 12.4. The summed E-state index contributed by atoms with van der Waals surface area (Å²) in [5.74, 6) is -1.17. The van der Waals surface area contributed by atoms with Crippen LogP contribution in [-0.4, -0.2) is 41.4 Å². The summed E-state index contributed by atoms with van der Waals surface area (Å²) in [7, 11) is -3.84. The minimum absolute atomic E-state index is 0.0683. The largest absolute Gasteiger partial charge is 0.478 e. The first kappa shape index (κ1) is 16.1. The highest BCUT2D eigenvalue weighted by Crippen LogP contribution is 2.17. The Balaban J connectivity index is 3.13. The third-order valence-corrected chi connectivity index (χ3v) is 4.57. The minimum Gasteiger partial charge on any atom is -0.478 e. The molecule has 0 aliphatic rings. The number of nitrogens with zero attached hydrogens (tertiary/aromatic N) is 3. The maximum atomic E-state index is 12.4. The second-order valence-corrected chi connectivity index (χ2v) is 6.15. The van der Waals surface area contributed by atoms with Gasteiger partial charge in [-0.2, -0.15) is 9.57 Å². The van der Waals surface area contributed by atoms with Crippen LogP contribution in [0.3, 0.4) is 0 Å². The predicted molar refractivity (Wildman–Crippen MR) is 70.5 cm³/mol. The molecule has 1 N–H and O–H groups in total. The van der Waals surface area contributed by atoms with Gasteiger partial charge in [-0.3, -0.25) is 0 Å². The predicted octanol–water partition coefficient (Wildman–Crippen LogP) is 1.09. The van der Waals surface area contributed by atoms with E-state index in [1.54, 1.807) is 13.8 Å². The van der Waals surface area contributed by atoms with Crippen LogP contribution in [0, 0.1) is 11.3 Å². The average molecular weight is 297 g/mol. The first-order chi connectivity index (χ1) is 9.30. The number of rotatable bonds is 6. The van der Waals surface area contributed by atoms with Gasteiger partial charge in [0, 0.05) is 25.2 Å². The number of aromatic nitrogens is 1. The van der Waals surface area contributed by atoms with Crippen LogP contribution in [0.5, 0.6) is 0 Å². The van der Waals surface area contributed by atoms with Crippen LogP contribution >= 0.6 is 0 Å². The molecule has 0 aliphatic carbocycles. The zero-order valence-corrected chi connectivity index (χ0v) is 12.0. The Bertz CT molecular complexity index is 617. The maximum Gasteiger partial charge on any atom is 0.337 e. The molecule has 1 heterocycles. The molecular weight excluding hydrogens is 282 g/mol. The lowest BCUT2D eigenvalue weighted by molar-refractivity contribution is 0.0696. The number of hydrogen-bond acceptors (Lipinski definition) is 5. The Kier molecular flexibility index (Phi) is 5.19. The van der Waals surface area contributed by atoms with Crippen molar-refractivity contribution >= 4 is 16.0 Å². The molecule has 0 spiro atoms. The van der Waals surface area contributed by atoms with E-state index in [1.807, 2.05) is 6.07 Å². The van der Waals surface area contributed by atoms with Crippen molar-refractivity contribution in [2.75, 3.05) is 6.54 Å². The van der Waals surface area contributed by atoms with E-state index in [1.165, 1.54) is 10.4 Å². The molecule has 20 heavy (non-hydrogen) atoms. The summed E-state index contributed by atoms with van der Waals surface area (Å²) >= 11 is 0. The zero-order valence-electron chi connectivity index (χ0n) is 11.1. The van der Waals surface area contributed by atoms with Gasteiger partial charge in [0.25, 0.3) is 10.0 Å². The molecule has 7 nitrogen and oxygen atoms in total. The fourth-order valence-corrected chi connectivity index (χ4v) is 3.15. The Morgan fingerprint density at radius 1 is 1.50 bits per heavy atom. The Morgan fingerprint density at radius 3 is 2.55 bits per heavy atom. The van der Waals surface area contributed by atoms with E-state index < -0.39 is 16.0 Å². The van der Waals surface area contributed by atoms with Gasteiger partial charge in [-0.25, -0.2) is 18.2 Å². The molecule has 1 rings (SSSR count). The summed E-state index contributed by atoms with van der Waals surface area (Å²) < 4.78 is 25.9. The Morgan fingerprint density at radius 2 is 2.15 bits per heavy atom. The molecule has 0 aromatic carbocycles. The number of nitriles is 1. The number of hydrogen-bond donors (Lipinski definition) is 1. The quantitative estimate of drug-likeness (QED) is 0.841. The highest BCUT2D eigenvalue weighted by molar-refractivity contribution is 7.89. The third kappa shape index (κ3) is 3.53. The van der Waals surface area contributed by atoms with E-state index in [0.717, 1.165) is 12.3 Å². The number of carboxylic acids is 1. The van der Waals surface area contributed by atoms with Gasteiger partial charge in [0.15, 0.2) is 5.03 Å². The molecule has 0 aliphatic heterocycles. The number of carbonyl (C=O) groups is 1. The first-order valence-electron chi connectivity index (χ1n) is 5.89. The van der Waals surface area contributed by atoms with Gasteiger partial charge in [0.1, 0.15) is 0 Å². The van der Waals surface area contributed by atoms with Gasteiger partial charge >= 0.3 is 5.97 Å². The van der Waals surface area contributed by atoms with Crippen molar-refractivity contribution in [3.63, 3.8) is 0 Å². The fourth-order valence-electron chi connectivity index (χ4n) is 1.60. The molecule has 0 bridgehead atoms. The first-order valence-corrected chi connectivity index (χ1v) is 7.33. The zero-order chi connectivity index (χ0) is 15.3. The van der Waals surface area contributed by atoms with E-state index in [2.05, 4.69) is 4.98 Å². The monoisotopic (exact) mass is 297 g/mol. The lowest BCUT2D eigenvalue weighted by Gasteiger charge is -2.24. The van der Waals surface area contributed by atoms with Crippen LogP contribution in [0.15, 0.2) is 23.4 Å². The molecule has 0 fully saturated rings. The van der Waals surface area contributed by atoms with Crippen molar-refractivity contribution in [2.45, 2.75) is 31.3 Å². The van der Waals surface area contributed by atoms with E-state index >= 15 is 0 Å². The standard InChI is InChI=1S/C12H15N3O4S/c1-9(2)15(7-3-6-13)20(18,19)11-5-4-10(8-14-11)12(16)17/h4-5,8-9H,3,7H2,1-2H3,(H,16,17). The summed E-state index contributed by atoms with van der Waals surface area (Å²) in [4.78, 5) is 14.4. The van der Waals surface area contributed by atoms with Crippen LogP contribution in [0.25, 0.3) is 0 Å². The topological polar surface area (TPSA) is 111 Å². The fraction of sp³-hybridized carbons (Fsp3) is 0.417. The molecule has 1 aromatic rings. The van der Waals surface area contributed by atoms with Crippen LogP contribution in [-0.2, 0) is 10.0 Å². The van der Waals surface area contributed by atoms with Crippen molar-refractivity contribution in [2.24, 2.45) is 0 Å². The van der Waals surface area contributed by atoms with Crippen LogP contribution in [0.2, 0.25) is 0 Å². The van der Waals surface area contributed by atoms with E-state index in [-0.39, 0.29) is 29.6 Å². The van der Waals surface area contributed by atoms with Crippen molar-refractivity contribution in [3.05, 3.63) is 23.9 Å². The summed E-state index contributed by atoms with van der Waals surface area (Å²) in [5.41, 5.74) is -0.0860. The molecule has 108 valence electrons. The lowest BCUT2D eigenvalue weighted by atomic mass is 10.3. The van der Waals surface area contributed by atoms with Crippen LogP contribution < -0.4 is 0 Å². The summed E-state index contributed by atoms with van der Waals surface area (Å²) in [6.45, 7) is 3.46. The number of aromatic carboxylic acids is 1. The normalized spacial score (nSPS) is 11.6. The molecule has 0 saturated carbocycles.